The van der Waals surface area contributed by atoms with Gasteiger partial charge in [0.1, 0.15) is 0 Å². The zero-order chi connectivity index (χ0) is 17.5. The molecule has 0 unspecified atom stereocenters. The molecule has 1 N–H and O–H groups in total. The molecule has 0 radical (unpaired) electrons. The highest BCUT2D eigenvalue weighted by Gasteiger charge is 2.34. The Bertz CT molecular complexity index is 919. The van der Waals surface area contributed by atoms with Crippen LogP contribution in [0, 0.1) is 0 Å². The van der Waals surface area contributed by atoms with Crippen LogP contribution in [0.5, 0.6) is 0 Å². The molecule has 1 amide bonds. The zero-order valence-electron chi connectivity index (χ0n) is 11.6. The molecule has 124 valence electrons. The summed E-state index contributed by atoms with van der Waals surface area (Å²) in [4.78, 5) is 16.2. The number of nitrogens with zero attached hydrogens (tertiary/aromatic N) is 3. The Morgan fingerprint density at radius 3 is 2.50 bits per heavy atom. The molecule has 0 aliphatic heterocycles. The summed E-state index contributed by atoms with van der Waals surface area (Å²) < 4.78 is 39.4. The number of amides is 1. The van der Waals surface area contributed by atoms with E-state index in [1.165, 1.54) is 30.7 Å². The van der Waals surface area contributed by atoms with Crippen molar-refractivity contribution >= 4 is 40.3 Å². The fourth-order valence-corrected chi connectivity index (χ4v) is 2.52. The Balaban J connectivity index is 2.03. The van der Waals surface area contributed by atoms with E-state index in [1.807, 2.05) is 0 Å². The van der Waals surface area contributed by atoms with Crippen molar-refractivity contribution in [2.24, 2.45) is 0 Å². The second-order valence-electron chi connectivity index (χ2n) is 4.71. The number of carbonyl (C=O) groups is 1. The third-order valence-corrected chi connectivity index (χ3v) is 3.70. The van der Waals surface area contributed by atoms with Gasteiger partial charge in [0, 0.05) is 18.6 Å². The molecule has 0 aliphatic rings. The van der Waals surface area contributed by atoms with E-state index in [0.717, 1.165) is 10.6 Å². The highest BCUT2D eigenvalue weighted by molar-refractivity contribution is 6.39. The van der Waals surface area contributed by atoms with Gasteiger partial charge in [0.05, 0.1) is 26.8 Å². The van der Waals surface area contributed by atoms with Gasteiger partial charge in [-0.05, 0) is 18.2 Å². The average Bonchev–Trinajstić information content (AvgIpc) is 2.95. The van der Waals surface area contributed by atoms with Crippen molar-refractivity contribution in [3.63, 3.8) is 0 Å². The second kappa shape index (κ2) is 5.95. The first-order valence-electron chi connectivity index (χ1n) is 6.43. The summed E-state index contributed by atoms with van der Waals surface area (Å²) in [5.74, 6) is -0.677. The van der Waals surface area contributed by atoms with E-state index in [0.29, 0.717) is 0 Å². The molecule has 3 aromatic heterocycles. The van der Waals surface area contributed by atoms with E-state index >= 15 is 0 Å². The lowest BCUT2D eigenvalue weighted by Gasteiger charge is -2.09. The lowest BCUT2D eigenvalue weighted by atomic mass is 10.2. The van der Waals surface area contributed by atoms with E-state index in [1.54, 1.807) is 0 Å². The van der Waals surface area contributed by atoms with Gasteiger partial charge in [-0.2, -0.15) is 18.3 Å². The van der Waals surface area contributed by atoms with Crippen LogP contribution in [0.2, 0.25) is 10.0 Å². The van der Waals surface area contributed by atoms with Gasteiger partial charge in [-0.15, -0.1) is 0 Å². The average molecular weight is 375 g/mol. The molecule has 0 atom stereocenters. The first-order valence-corrected chi connectivity index (χ1v) is 7.19. The minimum atomic E-state index is -4.61. The van der Waals surface area contributed by atoms with Gasteiger partial charge in [-0.3, -0.25) is 9.78 Å². The van der Waals surface area contributed by atoms with E-state index in [9.17, 15) is 18.0 Å². The molecule has 0 bridgehead atoms. The number of aromatic nitrogens is 3. The summed E-state index contributed by atoms with van der Waals surface area (Å²) in [5, 5.41) is 6.10. The van der Waals surface area contributed by atoms with Crippen molar-refractivity contribution in [2.45, 2.75) is 6.18 Å². The predicted octanol–water partition coefficient (Wildman–Crippen LogP) is 4.31. The standard InChI is InChI=1S/C14H7Cl2F3N4O/c15-8-5-20-6-9(16)12(8)21-13(24)7-2-1-3-23-10(7)4-11(22-23)14(17,18)19/h1-6H,(H,20,21,24). The minimum Gasteiger partial charge on any atom is -0.319 e. The summed E-state index contributed by atoms with van der Waals surface area (Å²) in [5.41, 5.74) is -0.980. The summed E-state index contributed by atoms with van der Waals surface area (Å²) in [7, 11) is 0. The number of fused-ring (bicyclic) bond motifs is 1. The van der Waals surface area contributed by atoms with E-state index < -0.39 is 17.8 Å². The van der Waals surface area contributed by atoms with Crippen LogP contribution in [0.4, 0.5) is 18.9 Å². The van der Waals surface area contributed by atoms with Gasteiger partial charge in [-0.25, -0.2) is 4.52 Å². The number of halogens is 5. The highest BCUT2D eigenvalue weighted by atomic mass is 35.5. The summed E-state index contributed by atoms with van der Waals surface area (Å²) in [6, 6.07) is 3.57. The Labute approximate surface area is 143 Å². The van der Waals surface area contributed by atoms with Crippen LogP contribution in [0.1, 0.15) is 16.1 Å². The lowest BCUT2D eigenvalue weighted by molar-refractivity contribution is -0.141. The van der Waals surface area contributed by atoms with E-state index in [2.05, 4.69) is 15.4 Å². The Hall–Kier alpha value is -2.32. The zero-order valence-corrected chi connectivity index (χ0v) is 13.1. The molecule has 0 saturated carbocycles. The van der Waals surface area contributed by atoms with Crippen LogP contribution in [-0.2, 0) is 6.18 Å². The molecule has 24 heavy (non-hydrogen) atoms. The number of alkyl halides is 3. The summed E-state index contributed by atoms with van der Waals surface area (Å²) >= 11 is 11.8. The quantitative estimate of drug-likeness (QED) is 0.726. The van der Waals surface area contributed by atoms with Crippen LogP contribution >= 0.6 is 23.2 Å². The van der Waals surface area contributed by atoms with Crippen LogP contribution in [0.15, 0.2) is 36.8 Å². The van der Waals surface area contributed by atoms with Crippen LogP contribution in [0.25, 0.3) is 5.52 Å². The number of pyridine rings is 2. The van der Waals surface area contributed by atoms with Crippen molar-refractivity contribution in [1.29, 1.82) is 0 Å². The molecule has 3 heterocycles. The molecule has 0 saturated heterocycles. The van der Waals surface area contributed by atoms with Crippen molar-refractivity contribution in [3.8, 4) is 0 Å². The van der Waals surface area contributed by atoms with Crippen molar-refractivity contribution in [3.05, 3.63) is 58.1 Å². The van der Waals surface area contributed by atoms with Gasteiger partial charge in [0.25, 0.3) is 5.91 Å². The first kappa shape index (κ1) is 16.5. The monoisotopic (exact) mass is 374 g/mol. The molecule has 3 rings (SSSR count). The summed E-state index contributed by atoms with van der Waals surface area (Å²) in [6.07, 6.45) is -0.736. The smallest absolute Gasteiger partial charge is 0.319 e. The molecule has 3 aromatic rings. The largest absolute Gasteiger partial charge is 0.435 e. The Morgan fingerprint density at radius 2 is 1.88 bits per heavy atom. The number of carbonyl (C=O) groups excluding carboxylic acids is 1. The van der Waals surface area contributed by atoms with Gasteiger partial charge in [0.15, 0.2) is 5.69 Å². The van der Waals surface area contributed by atoms with Gasteiger partial charge in [-0.1, -0.05) is 23.2 Å². The third-order valence-electron chi connectivity index (χ3n) is 3.13. The molecule has 0 spiro atoms. The predicted molar refractivity (Wildman–Crippen MR) is 82.4 cm³/mol. The topological polar surface area (TPSA) is 59.3 Å². The number of nitrogens with one attached hydrogen (secondary N) is 1. The normalized spacial score (nSPS) is 11.7. The molecule has 0 aromatic carbocycles. The third kappa shape index (κ3) is 3.02. The van der Waals surface area contributed by atoms with Gasteiger partial charge < -0.3 is 5.32 Å². The molecule has 0 fully saturated rings. The van der Waals surface area contributed by atoms with Crippen LogP contribution in [-0.4, -0.2) is 20.5 Å². The van der Waals surface area contributed by atoms with Gasteiger partial charge >= 0.3 is 6.18 Å². The number of hydrogen-bond acceptors (Lipinski definition) is 3. The number of rotatable bonds is 2. The Morgan fingerprint density at radius 1 is 1.21 bits per heavy atom. The van der Waals surface area contributed by atoms with Crippen molar-refractivity contribution in [2.75, 3.05) is 5.32 Å². The molecular weight excluding hydrogens is 368 g/mol. The maximum Gasteiger partial charge on any atom is 0.435 e. The molecule has 10 heteroatoms. The van der Waals surface area contributed by atoms with Gasteiger partial charge in [0.2, 0.25) is 0 Å². The molecule has 5 nitrogen and oxygen atoms in total. The van der Waals surface area contributed by atoms with Crippen LogP contribution < -0.4 is 5.32 Å². The highest BCUT2D eigenvalue weighted by Crippen LogP contribution is 2.31. The van der Waals surface area contributed by atoms with E-state index in [4.69, 9.17) is 23.2 Å². The lowest BCUT2D eigenvalue weighted by Crippen LogP contribution is -2.14. The minimum absolute atomic E-state index is 0.00336. The van der Waals surface area contributed by atoms with Crippen LogP contribution in [0.3, 0.4) is 0 Å². The van der Waals surface area contributed by atoms with E-state index in [-0.39, 0.29) is 26.8 Å². The summed E-state index contributed by atoms with van der Waals surface area (Å²) in [6.45, 7) is 0. The van der Waals surface area contributed by atoms with Crippen molar-refractivity contribution in [1.82, 2.24) is 14.6 Å². The maximum atomic E-state index is 12.8. The first-order chi connectivity index (χ1) is 11.3. The SMILES string of the molecule is O=C(Nc1c(Cl)cncc1Cl)c1cccn2nc(C(F)(F)F)cc12. The molecular formula is C14H7Cl2F3N4O. The fourth-order valence-electron chi connectivity index (χ4n) is 2.06. The number of hydrogen-bond donors (Lipinski definition) is 1. The molecule has 0 aliphatic carbocycles. The fraction of sp³-hybridized carbons (Fsp3) is 0.0714. The van der Waals surface area contributed by atoms with Crippen molar-refractivity contribution < 1.29 is 18.0 Å². The second-order valence-corrected chi connectivity index (χ2v) is 5.53. The maximum absolute atomic E-state index is 12.8. The Kier molecular flexibility index (Phi) is 4.10. The number of anilines is 1.